The van der Waals surface area contributed by atoms with Gasteiger partial charge in [0.1, 0.15) is 10.8 Å². The quantitative estimate of drug-likeness (QED) is 0.857. The highest BCUT2D eigenvalue weighted by Crippen LogP contribution is 2.11. The van der Waals surface area contributed by atoms with Gasteiger partial charge in [0.15, 0.2) is 0 Å². The van der Waals surface area contributed by atoms with Crippen LogP contribution in [-0.2, 0) is 13.1 Å². The summed E-state index contributed by atoms with van der Waals surface area (Å²) in [5, 5.41) is 0. The first kappa shape index (κ1) is 14.6. The first-order valence-electron chi connectivity index (χ1n) is 6.36. The molecule has 20 heavy (non-hydrogen) atoms. The molecule has 4 heteroatoms. The van der Waals surface area contributed by atoms with Crippen molar-refractivity contribution in [3.05, 3.63) is 71.0 Å². The van der Waals surface area contributed by atoms with Gasteiger partial charge in [-0.1, -0.05) is 42.5 Å². The summed E-state index contributed by atoms with van der Waals surface area (Å²) in [5.41, 5.74) is 8.75. The van der Waals surface area contributed by atoms with Crippen molar-refractivity contribution in [2.24, 2.45) is 5.73 Å². The van der Waals surface area contributed by atoms with Crippen molar-refractivity contribution in [2.45, 2.75) is 13.1 Å². The second kappa shape index (κ2) is 6.59. The number of nitrogens with zero attached hydrogens (tertiary/aromatic N) is 1. The van der Waals surface area contributed by atoms with E-state index < -0.39 is 0 Å². The first-order chi connectivity index (χ1) is 9.54. The van der Waals surface area contributed by atoms with Gasteiger partial charge in [-0.05, 0) is 36.4 Å². The summed E-state index contributed by atoms with van der Waals surface area (Å²) in [5.74, 6) is -0.208. The Morgan fingerprint density at radius 2 is 1.75 bits per heavy atom. The average molecular weight is 288 g/mol. The highest BCUT2D eigenvalue weighted by atomic mass is 32.1. The zero-order valence-electron chi connectivity index (χ0n) is 11.3. The van der Waals surface area contributed by atoms with Crippen LogP contribution in [0.4, 0.5) is 4.39 Å². The number of benzene rings is 2. The van der Waals surface area contributed by atoms with Gasteiger partial charge in [-0.25, -0.2) is 4.39 Å². The SMILES string of the molecule is CN(Cc1ccc(F)cc1)Cc1cccc(C(N)=S)c1. The van der Waals surface area contributed by atoms with Gasteiger partial charge in [-0.3, -0.25) is 4.90 Å². The Bertz CT molecular complexity index is 596. The number of hydrogen-bond donors (Lipinski definition) is 1. The molecule has 2 aromatic rings. The van der Waals surface area contributed by atoms with Crippen LogP contribution in [0.3, 0.4) is 0 Å². The van der Waals surface area contributed by atoms with E-state index in [-0.39, 0.29) is 5.82 Å². The molecule has 0 aliphatic heterocycles. The van der Waals surface area contributed by atoms with Crippen molar-refractivity contribution in [2.75, 3.05) is 7.05 Å². The van der Waals surface area contributed by atoms with Crippen molar-refractivity contribution < 1.29 is 4.39 Å². The van der Waals surface area contributed by atoms with Gasteiger partial charge in [-0.15, -0.1) is 0 Å². The molecule has 0 aromatic heterocycles. The molecular formula is C16H17FN2S. The molecule has 2 rings (SSSR count). The third kappa shape index (κ3) is 4.11. The van der Waals surface area contributed by atoms with E-state index in [1.807, 2.05) is 31.3 Å². The molecule has 0 radical (unpaired) electrons. The monoisotopic (exact) mass is 288 g/mol. The molecule has 0 fully saturated rings. The Morgan fingerprint density at radius 1 is 1.10 bits per heavy atom. The average Bonchev–Trinajstić information content (AvgIpc) is 2.41. The second-order valence-corrected chi connectivity index (χ2v) is 5.30. The van der Waals surface area contributed by atoms with Crippen LogP contribution in [-0.4, -0.2) is 16.9 Å². The van der Waals surface area contributed by atoms with Gasteiger partial charge in [0.25, 0.3) is 0 Å². The molecule has 0 aliphatic carbocycles. The third-order valence-corrected chi connectivity index (χ3v) is 3.27. The molecule has 0 saturated heterocycles. The van der Waals surface area contributed by atoms with Crippen LogP contribution in [0.2, 0.25) is 0 Å². The number of thiocarbonyl (C=S) groups is 1. The minimum Gasteiger partial charge on any atom is -0.389 e. The Hall–Kier alpha value is -1.78. The normalized spacial score (nSPS) is 10.8. The number of halogens is 1. The lowest BCUT2D eigenvalue weighted by atomic mass is 10.1. The van der Waals surface area contributed by atoms with E-state index in [0.29, 0.717) is 4.99 Å². The largest absolute Gasteiger partial charge is 0.389 e. The lowest BCUT2D eigenvalue weighted by Gasteiger charge is -2.17. The van der Waals surface area contributed by atoms with Crippen molar-refractivity contribution in [1.82, 2.24) is 4.90 Å². The van der Waals surface area contributed by atoms with E-state index in [4.69, 9.17) is 18.0 Å². The fraction of sp³-hybridized carbons (Fsp3) is 0.188. The lowest BCUT2D eigenvalue weighted by Crippen LogP contribution is -2.18. The summed E-state index contributed by atoms with van der Waals surface area (Å²) in [6, 6.07) is 14.5. The van der Waals surface area contributed by atoms with Crippen LogP contribution in [0, 0.1) is 5.82 Å². The zero-order valence-corrected chi connectivity index (χ0v) is 12.2. The zero-order chi connectivity index (χ0) is 14.5. The predicted molar refractivity (Wildman–Crippen MR) is 83.9 cm³/mol. The van der Waals surface area contributed by atoms with Gasteiger partial charge >= 0.3 is 0 Å². The van der Waals surface area contributed by atoms with Gasteiger partial charge in [0, 0.05) is 18.7 Å². The smallest absolute Gasteiger partial charge is 0.123 e. The van der Waals surface area contributed by atoms with Crippen molar-refractivity contribution >= 4 is 17.2 Å². The minimum atomic E-state index is -0.208. The highest BCUT2D eigenvalue weighted by molar-refractivity contribution is 7.80. The lowest BCUT2D eigenvalue weighted by molar-refractivity contribution is 0.319. The van der Waals surface area contributed by atoms with E-state index in [1.54, 1.807) is 12.1 Å². The van der Waals surface area contributed by atoms with Gasteiger partial charge in [0.05, 0.1) is 0 Å². The Kier molecular flexibility index (Phi) is 4.82. The van der Waals surface area contributed by atoms with E-state index in [0.717, 1.165) is 29.8 Å². The molecule has 2 N–H and O–H groups in total. The summed E-state index contributed by atoms with van der Waals surface area (Å²) in [6.07, 6.45) is 0. The molecular weight excluding hydrogens is 271 g/mol. The Labute approximate surface area is 124 Å². The fourth-order valence-electron chi connectivity index (χ4n) is 2.09. The maximum Gasteiger partial charge on any atom is 0.123 e. The molecule has 2 nitrogen and oxygen atoms in total. The molecule has 2 aromatic carbocycles. The van der Waals surface area contributed by atoms with Gasteiger partial charge in [-0.2, -0.15) is 0 Å². The molecule has 0 spiro atoms. The third-order valence-electron chi connectivity index (χ3n) is 3.03. The maximum atomic E-state index is 12.9. The molecule has 0 bridgehead atoms. The molecule has 0 heterocycles. The summed E-state index contributed by atoms with van der Waals surface area (Å²) >= 11 is 4.98. The number of hydrogen-bond acceptors (Lipinski definition) is 2. The van der Waals surface area contributed by atoms with Crippen LogP contribution >= 0.6 is 12.2 Å². The van der Waals surface area contributed by atoms with Crippen molar-refractivity contribution in [3.63, 3.8) is 0 Å². The molecule has 0 aliphatic rings. The molecule has 0 saturated carbocycles. The second-order valence-electron chi connectivity index (χ2n) is 4.86. The number of rotatable bonds is 5. The van der Waals surface area contributed by atoms with E-state index in [1.165, 1.54) is 12.1 Å². The van der Waals surface area contributed by atoms with Crippen LogP contribution in [0.5, 0.6) is 0 Å². The van der Waals surface area contributed by atoms with Crippen LogP contribution in [0.1, 0.15) is 16.7 Å². The van der Waals surface area contributed by atoms with Crippen LogP contribution in [0.25, 0.3) is 0 Å². The summed E-state index contributed by atoms with van der Waals surface area (Å²) < 4.78 is 12.9. The topological polar surface area (TPSA) is 29.3 Å². The standard InChI is InChI=1S/C16H17FN2S/c1-19(10-12-5-7-15(17)8-6-12)11-13-3-2-4-14(9-13)16(18)20/h2-9H,10-11H2,1H3,(H2,18,20). The van der Waals surface area contributed by atoms with Crippen molar-refractivity contribution in [1.29, 1.82) is 0 Å². The minimum absolute atomic E-state index is 0.208. The fourth-order valence-corrected chi connectivity index (χ4v) is 2.22. The van der Waals surface area contributed by atoms with E-state index >= 15 is 0 Å². The molecule has 0 atom stereocenters. The molecule has 104 valence electrons. The Morgan fingerprint density at radius 3 is 2.40 bits per heavy atom. The summed E-state index contributed by atoms with van der Waals surface area (Å²) in [7, 11) is 2.02. The first-order valence-corrected chi connectivity index (χ1v) is 6.77. The Balaban J connectivity index is 2.00. The highest BCUT2D eigenvalue weighted by Gasteiger charge is 2.04. The predicted octanol–water partition coefficient (Wildman–Crippen LogP) is 3.09. The van der Waals surface area contributed by atoms with E-state index in [9.17, 15) is 4.39 Å². The molecule has 0 amide bonds. The van der Waals surface area contributed by atoms with Crippen molar-refractivity contribution in [3.8, 4) is 0 Å². The van der Waals surface area contributed by atoms with Gasteiger partial charge in [0.2, 0.25) is 0 Å². The van der Waals surface area contributed by atoms with Gasteiger partial charge < -0.3 is 5.73 Å². The summed E-state index contributed by atoms with van der Waals surface area (Å²) in [4.78, 5) is 2.57. The summed E-state index contributed by atoms with van der Waals surface area (Å²) in [6.45, 7) is 1.55. The van der Waals surface area contributed by atoms with Crippen LogP contribution < -0.4 is 5.73 Å². The van der Waals surface area contributed by atoms with E-state index in [2.05, 4.69) is 4.90 Å². The maximum absolute atomic E-state index is 12.9. The molecule has 0 unspecified atom stereocenters. The van der Waals surface area contributed by atoms with Crippen LogP contribution in [0.15, 0.2) is 48.5 Å². The number of nitrogens with two attached hydrogens (primary N) is 1.